The maximum Gasteiger partial charge on any atom is 0.318 e. The van der Waals surface area contributed by atoms with E-state index in [0.717, 1.165) is 0 Å². The largest absolute Gasteiger partial charge is 0.329 e. The van der Waals surface area contributed by atoms with Crippen molar-refractivity contribution in [3.05, 3.63) is 70.3 Å². The third-order valence-electron chi connectivity index (χ3n) is 3.62. The molecule has 122 valence electrons. The van der Waals surface area contributed by atoms with Gasteiger partial charge in [0.05, 0.1) is 0 Å². The molecule has 0 aromatic heterocycles. The van der Waals surface area contributed by atoms with Gasteiger partial charge < -0.3 is 10.2 Å². The normalized spacial score (nSPS) is 13.9. The second-order valence-corrected chi connectivity index (χ2v) is 5.85. The zero-order valence-corrected chi connectivity index (χ0v) is 13.2. The lowest BCUT2D eigenvalue weighted by atomic mass is 9.83. The first-order valence-electron chi connectivity index (χ1n) is 6.95. The van der Waals surface area contributed by atoms with Crippen LogP contribution < -0.4 is 5.32 Å². The van der Waals surface area contributed by atoms with E-state index in [9.17, 15) is 18.9 Å². The first-order chi connectivity index (χ1) is 11.5. The molecule has 2 N–H and O–H groups in total. The Morgan fingerprint density at radius 1 is 1.00 bits per heavy atom. The molecule has 2 aromatic carbocycles. The smallest absolute Gasteiger partial charge is 0.318 e. The van der Waals surface area contributed by atoms with E-state index >= 15 is 0 Å². The van der Waals surface area contributed by atoms with Crippen LogP contribution in [0.3, 0.4) is 0 Å². The molecule has 0 bridgehead atoms. The van der Waals surface area contributed by atoms with E-state index in [-0.39, 0.29) is 28.3 Å². The molecule has 1 unspecified atom stereocenters. The zero-order chi connectivity index (χ0) is 17.3. The van der Waals surface area contributed by atoms with Gasteiger partial charge in [-0.1, -0.05) is 24.3 Å². The molecule has 7 nitrogen and oxygen atoms in total. The lowest BCUT2D eigenvalue weighted by molar-refractivity contribution is 0.0917. The predicted octanol–water partition coefficient (Wildman–Crippen LogP) is 1.55. The third-order valence-corrected chi connectivity index (χ3v) is 4.01. The Morgan fingerprint density at radius 3 is 2.21 bits per heavy atom. The van der Waals surface area contributed by atoms with E-state index in [1.807, 2.05) is 0 Å². The fraction of sp³-hybridized carbons (Fsp3) is 0.0625. The number of ketones is 2. The fourth-order valence-electron chi connectivity index (χ4n) is 2.51. The molecule has 0 spiro atoms. The molecule has 0 aliphatic heterocycles. The molecule has 3 rings (SSSR count). The summed E-state index contributed by atoms with van der Waals surface area (Å²) in [6, 6.07) is 10.7. The summed E-state index contributed by atoms with van der Waals surface area (Å²) in [5.74, 6) is -1.18. The summed E-state index contributed by atoms with van der Waals surface area (Å²) >= 11 is 0. The van der Waals surface area contributed by atoms with E-state index in [4.69, 9.17) is 4.89 Å². The van der Waals surface area contributed by atoms with Gasteiger partial charge in [-0.05, 0) is 18.2 Å². The zero-order valence-electron chi connectivity index (χ0n) is 12.2. The van der Waals surface area contributed by atoms with Crippen LogP contribution in [-0.4, -0.2) is 29.1 Å². The summed E-state index contributed by atoms with van der Waals surface area (Å²) in [6.07, 6.45) is 0. The lowest BCUT2D eigenvalue weighted by Crippen LogP contribution is -2.26. The molecule has 0 saturated carbocycles. The monoisotopic (exact) mass is 345 g/mol. The molecular formula is C16H12NO6P. The van der Waals surface area contributed by atoms with Gasteiger partial charge in [-0.15, -0.1) is 0 Å². The average Bonchev–Trinajstić information content (AvgIpc) is 2.59. The molecule has 0 radical (unpaired) electrons. The van der Waals surface area contributed by atoms with Gasteiger partial charge in [0, 0.05) is 27.8 Å². The minimum atomic E-state index is -3.14. The van der Waals surface area contributed by atoms with Crippen LogP contribution >= 0.6 is 8.25 Å². The van der Waals surface area contributed by atoms with E-state index < -0.39 is 20.9 Å². The van der Waals surface area contributed by atoms with Crippen molar-refractivity contribution in [1.29, 1.82) is 0 Å². The van der Waals surface area contributed by atoms with Crippen LogP contribution in [0, 0.1) is 0 Å². The van der Waals surface area contributed by atoms with Crippen molar-refractivity contribution in [3.8, 4) is 0 Å². The lowest BCUT2D eigenvalue weighted by Gasteiger charge is -2.17. The van der Waals surface area contributed by atoms with Crippen LogP contribution in [0.15, 0.2) is 42.5 Å². The number of hydrogen-bond acceptors (Lipinski definition) is 5. The second-order valence-electron chi connectivity index (χ2n) is 5.02. The molecule has 0 saturated heterocycles. The highest BCUT2D eigenvalue weighted by molar-refractivity contribution is 7.32. The first kappa shape index (κ1) is 16.3. The number of hydrogen-bond donors (Lipinski definition) is 2. The van der Waals surface area contributed by atoms with Gasteiger partial charge in [0.2, 0.25) is 0 Å². The topological polar surface area (TPSA) is 110 Å². The van der Waals surface area contributed by atoms with E-state index in [1.54, 1.807) is 24.3 Å². The Morgan fingerprint density at radius 2 is 1.58 bits per heavy atom. The summed E-state index contributed by atoms with van der Waals surface area (Å²) in [7, 11) is -3.14. The highest BCUT2D eigenvalue weighted by Gasteiger charge is 2.29. The van der Waals surface area contributed by atoms with Crippen LogP contribution in [-0.2, 0) is 9.09 Å². The van der Waals surface area contributed by atoms with Crippen LogP contribution in [0.1, 0.15) is 42.2 Å². The van der Waals surface area contributed by atoms with E-state index in [1.165, 1.54) is 18.2 Å². The second kappa shape index (κ2) is 6.49. The first-order valence-corrected chi connectivity index (χ1v) is 8.22. The number of carbonyl (C=O) groups is 3. The van der Waals surface area contributed by atoms with Crippen molar-refractivity contribution in [2.45, 2.75) is 0 Å². The molecule has 0 fully saturated rings. The Hall–Kier alpha value is -2.60. The Labute approximate surface area is 137 Å². The molecular weight excluding hydrogens is 333 g/mol. The molecule has 0 heterocycles. The highest BCUT2D eigenvalue weighted by Crippen LogP contribution is 2.27. The number of carbonyl (C=O) groups excluding carboxylic acids is 3. The molecule has 24 heavy (non-hydrogen) atoms. The number of benzene rings is 2. The molecule has 1 amide bonds. The number of fused-ring (bicyclic) bond motifs is 2. The van der Waals surface area contributed by atoms with E-state index in [0.29, 0.717) is 11.1 Å². The van der Waals surface area contributed by atoms with Crippen molar-refractivity contribution in [2.75, 3.05) is 6.73 Å². The fourth-order valence-corrected chi connectivity index (χ4v) is 2.70. The molecule has 1 aliphatic carbocycles. The van der Waals surface area contributed by atoms with E-state index in [2.05, 4.69) is 9.84 Å². The van der Waals surface area contributed by atoms with Crippen molar-refractivity contribution in [2.24, 2.45) is 0 Å². The minimum absolute atomic E-state index is 0.149. The van der Waals surface area contributed by atoms with Crippen LogP contribution in [0.4, 0.5) is 0 Å². The van der Waals surface area contributed by atoms with Crippen molar-refractivity contribution < 1.29 is 28.4 Å². The summed E-state index contributed by atoms with van der Waals surface area (Å²) in [4.78, 5) is 45.5. The van der Waals surface area contributed by atoms with Crippen molar-refractivity contribution in [3.63, 3.8) is 0 Å². The number of nitrogens with one attached hydrogen (secondary N) is 1. The average molecular weight is 345 g/mol. The summed E-state index contributed by atoms with van der Waals surface area (Å²) in [6.45, 7) is -0.431. The molecule has 2 aromatic rings. The standard InChI is InChI=1S/C16H12NO6P/c18-14-10-3-1-2-4-11(10)15(19)13-7-9(5-6-12(13)14)16(20)17-8-23-24(21)22/h1-7,24H,8H2,(H,17,20)(H,21,22). The van der Waals surface area contributed by atoms with Gasteiger partial charge in [0.25, 0.3) is 5.91 Å². The van der Waals surface area contributed by atoms with Crippen LogP contribution in [0.5, 0.6) is 0 Å². The molecule has 1 atom stereocenters. The van der Waals surface area contributed by atoms with Gasteiger partial charge in [-0.25, -0.2) is 0 Å². The quantitative estimate of drug-likeness (QED) is 0.548. The number of amides is 1. The molecule has 8 heteroatoms. The summed E-state index contributed by atoms with van der Waals surface area (Å²) < 4.78 is 14.8. The van der Waals surface area contributed by atoms with Crippen LogP contribution in [0.2, 0.25) is 0 Å². The van der Waals surface area contributed by atoms with Gasteiger partial charge in [0.1, 0.15) is 6.73 Å². The van der Waals surface area contributed by atoms with Gasteiger partial charge in [-0.3, -0.25) is 23.5 Å². The van der Waals surface area contributed by atoms with Gasteiger partial charge in [-0.2, -0.15) is 0 Å². The van der Waals surface area contributed by atoms with Gasteiger partial charge in [0.15, 0.2) is 11.6 Å². The number of rotatable bonds is 4. The van der Waals surface area contributed by atoms with Crippen molar-refractivity contribution in [1.82, 2.24) is 5.32 Å². The Bertz CT molecular complexity index is 892. The minimum Gasteiger partial charge on any atom is -0.329 e. The SMILES string of the molecule is O=C(NCO[PH](=O)O)c1ccc2c(c1)C(=O)c1ccccc1C2=O. The van der Waals surface area contributed by atoms with Crippen molar-refractivity contribution >= 4 is 25.7 Å². The molecule has 1 aliphatic rings. The predicted molar refractivity (Wildman–Crippen MR) is 84.4 cm³/mol. The van der Waals surface area contributed by atoms with Gasteiger partial charge >= 0.3 is 8.25 Å². The maximum absolute atomic E-state index is 12.6. The highest BCUT2D eigenvalue weighted by atomic mass is 31.1. The Balaban J connectivity index is 1.91. The van der Waals surface area contributed by atoms with Crippen LogP contribution in [0.25, 0.3) is 0 Å². The third kappa shape index (κ3) is 2.92. The maximum atomic E-state index is 12.6. The Kier molecular flexibility index (Phi) is 4.40. The summed E-state index contributed by atoms with van der Waals surface area (Å²) in [5, 5.41) is 2.29. The summed E-state index contributed by atoms with van der Waals surface area (Å²) in [5.41, 5.74) is 1.19.